The third-order valence-corrected chi connectivity index (χ3v) is 1.99. The normalized spacial score (nSPS) is 12.1. The quantitative estimate of drug-likeness (QED) is 0.643. The summed E-state index contributed by atoms with van der Waals surface area (Å²) in [4.78, 5) is 14.8. The fraction of sp³-hybridized carbons (Fsp3) is 0.333. The van der Waals surface area contributed by atoms with E-state index in [1.165, 1.54) is 0 Å². The Morgan fingerprint density at radius 1 is 1.64 bits per heavy atom. The fourth-order valence-electron chi connectivity index (χ4n) is 0.961. The lowest BCUT2D eigenvalue weighted by Crippen LogP contribution is -2.33. The number of hydrogen-bond acceptors (Lipinski definition) is 4. The van der Waals surface area contributed by atoms with Gasteiger partial charge in [-0.3, -0.25) is 4.79 Å². The number of hydrogen-bond donors (Lipinski definition) is 3. The zero-order valence-corrected chi connectivity index (χ0v) is 8.24. The minimum Gasteiger partial charge on any atom is -0.396 e. The molecule has 1 unspecified atom stereocenters. The fourth-order valence-corrected chi connectivity index (χ4v) is 0.961. The Balaban J connectivity index is 2.87. The number of amides is 1. The molecule has 0 radical (unpaired) electrons. The molecule has 5 heteroatoms. The average molecular weight is 194 g/mol. The predicted molar refractivity (Wildman–Crippen MR) is 55.7 cm³/mol. The van der Waals surface area contributed by atoms with E-state index >= 15 is 0 Å². The summed E-state index contributed by atoms with van der Waals surface area (Å²) in [5, 5.41) is 2.84. The van der Waals surface area contributed by atoms with Gasteiger partial charge in [-0.15, -0.1) is 0 Å². The second kappa shape index (κ2) is 3.95. The van der Waals surface area contributed by atoms with Crippen molar-refractivity contribution in [2.24, 2.45) is 5.73 Å². The van der Waals surface area contributed by atoms with Gasteiger partial charge in [0, 0.05) is 6.20 Å². The Hall–Kier alpha value is -1.78. The van der Waals surface area contributed by atoms with E-state index < -0.39 is 11.9 Å². The van der Waals surface area contributed by atoms with Gasteiger partial charge in [0.1, 0.15) is 11.9 Å². The Morgan fingerprint density at radius 2 is 2.29 bits per heavy atom. The highest BCUT2D eigenvalue weighted by atomic mass is 16.1. The van der Waals surface area contributed by atoms with Crippen LogP contribution < -0.4 is 16.8 Å². The number of carbonyl (C=O) groups excluding carboxylic acids is 1. The van der Waals surface area contributed by atoms with E-state index in [1.807, 2.05) is 6.92 Å². The summed E-state index contributed by atoms with van der Waals surface area (Å²) in [5.41, 5.74) is 12.3. The minimum atomic E-state index is -0.480. The second-order valence-corrected chi connectivity index (χ2v) is 3.16. The number of nitrogens with two attached hydrogens (primary N) is 2. The van der Waals surface area contributed by atoms with Gasteiger partial charge >= 0.3 is 0 Å². The third kappa shape index (κ3) is 2.12. The molecule has 0 spiro atoms. The molecule has 0 aromatic carbocycles. The Labute approximate surface area is 82.5 Å². The number of anilines is 2. The molecule has 0 saturated heterocycles. The molecule has 0 aliphatic rings. The van der Waals surface area contributed by atoms with Gasteiger partial charge in [0.15, 0.2) is 0 Å². The van der Waals surface area contributed by atoms with Crippen LogP contribution in [0.5, 0.6) is 0 Å². The maximum Gasteiger partial charge on any atom is 0.239 e. The highest BCUT2D eigenvalue weighted by Crippen LogP contribution is 2.19. The molecule has 5 N–H and O–H groups in total. The van der Waals surface area contributed by atoms with E-state index in [-0.39, 0.29) is 0 Å². The molecular formula is C9H14N4O. The van der Waals surface area contributed by atoms with Crippen molar-refractivity contribution in [3.8, 4) is 0 Å². The first-order valence-electron chi connectivity index (χ1n) is 4.29. The van der Waals surface area contributed by atoms with Gasteiger partial charge in [0.05, 0.1) is 5.69 Å². The van der Waals surface area contributed by atoms with Crippen molar-refractivity contribution in [3.05, 3.63) is 17.8 Å². The van der Waals surface area contributed by atoms with Crippen LogP contribution in [0.4, 0.5) is 11.5 Å². The number of aromatic nitrogens is 1. The number of aryl methyl sites for hydroxylation is 1. The van der Waals surface area contributed by atoms with Gasteiger partial charge in [-0.05, 0) is 25.5 Å². The second-order valence-electron chi connectivity index (χ2n) is 3.16. The van der Waals surface area contributed by atoms with Crippen LogP contribution in [0.15, 0.2) is 12.3 Å². The molecule has 0 fully saturated rings. The summed E-state index contributed by atoms with van der Waals surface area (Å²) in [6.45, 7) is 3.53. The maximum absolute atomic E-state index is 10.8. The summed E-state index contributed by atoms with van der Waals surface area (Å²) in [7, 11) is 0. The van der Waals surface area contributed by atoms with Crippen LogP contribution in [0.25, 0.3) is 0 Å². The molecule has 0 saturated carbocycles. The number of nitrogens with one attached hydrogen (secondary N) is 1. The average Bonchev–Trinajstić information content (AvgIpc) is 2.12. The van der Waals surface area contributed by atoms with Crippen molar-refractivity contribution >= 4 is 17.4 Å². The highest BCUT2D eigenvalue weighted by Gasteiger charge is 2.11. The summed E-state index contributed by atoms with van der Waals surface area (Å²) in [6.07, 6.45) is 1.63. The first kappa shape index (κ1) is 10.3. The van der Waals surface area contributed by atoms with Gasteiger partial charge in [0.25, 0.3) is 0 Å². The summed E-state index contributed by atoms with van der Waals surface area (Å²) >= 11 is 0. The molecule has 1 heterocycles. The lowest BCUT2D eigenvalue weighted by atomic mass is 10.2. The topological polar surface area (TPSA) is 94.0 Å². The lowest BCUT2D eigenvalue weighted by Gasteiger charge is -2.13. The molecule has 1 rings (SSSR count). The monoisotopic (exact) mass is 194 g/mol. The van der Waals surface area contributed by atoms with Crippen LogP contribution in [0.2, 0.25) is 0 Å². The Bertz CT molecular complexity index is 351. The molecule has 1 aromatic heterocycles. The standard InChI is InChI=1S/C9H14N4O/c1-5-3-4-12-9(7(5)10)13-6(2)8(11)14/h3-4,6H,10H2,1-2H3,(H2,11,14)(H,12,13). The molecule has 1 atom stereocenters. The van der Waals surface area contributed by atoms with E-state index in [4.69, 9.17) is 11.5 Å². The van der Waals surface area contributed by atoms with E-state index in [1.54, 1.807) is 19.2 Å². The third-order valence-electron chi connectivity index (χ3n) is 1.99. The molecule has 14 heavy (non-hydrogen) atoms. The first-order valence-corrected chi connectivity index (χ1v) is 4.29. The number of pyridine rings is 1. The molecule has 1 amide bonds. The number of nitrogens with zero attached hydrogens (tertiary/aromatic N) is 1. The van der Waals surface area contributed by atoms with E-state index in [9.17, 15) is 4.79 Å². The van der Waals surface area contributed by atoms with Crippen molar-refractivity contribution < 1.29 is 4.79 Å². The number of rotatable bonds is 3. The smallest absolute Gasteiger partial charge is 0.239 e. The Kier molecular flexibility index (Phi) is 2.91. The van der Waals surface area contributed by atoms with Crippen LogP contribution in [0, 0.1) is 6.92 Å². The van der Waals surface area contributed by atoms with Crippen molar-refractivity contribution in [1.29, 1.82) is 0 Å². The number of primary amides is 1. The molecule has 0 aliphatic heterocycles. The molecule has 0 aliphatic carbocycles. The van der Waals surface area contributed by atoms with Crippen molar-refractivity contribution in [3.63, 3.8) is 0 Å². The van der Waals surface area contributed by atoms with Crippen LogP contribution in [-0.2, 0) is 4.79 Å². The first-order chi connectivity index (χ1) is 6.52. The van der Waals surface area contributed by atoms with Crippen LogP contribution in [-0.4, -0.2) is 16.9 Å². The predicted octanol–water partition coefficient (Wildman–Crippen LogP) is 0.258. The maximum atomic E-state index is 10.8. The SMILES string of the molecule is Cc1ccnc(NC(C)C(N)=O)c1N. The molecular weight excluding hydrogens is 180 g/mol. The molecule has 5 nitrogen and oxygen atoms in total. The number of nitrogen functional groups attached to an aromatic ring is 1. The number of carbonyl (C=O) groups is 1. The van der Waals surface area contributed by atoms with Gasteiger partial charge in [-0.25, -0.2) is 4.98 Å². The van der Waals surface area contributed by atoms with Crippen molar-refractivity contribution in [2.75, 3.05) is 11.1 Å². The minimum absolute atomic E-state index is 0.437. The highest BCUT2D eigenvalue weighted by molar-refractivity contribution is 5.83. The summed E-state index contributed by atoms with van der Waals surface area (Å²) in [6, 6.07) is 1.32. The summed E-state index contributed by atoms with van der Waals surface area (Å²) in [5.74, 6) is 0.0593. The summed E-state index contributed by atoms with van der Waals surface area (Å²) < 4.78 is 0. The van der Waals surface area contributed by atoms with E-state index in [0.29, 0.717) is 11.5 Å². The van der Waals surface area contributed by atoms with Gasteiger partial charge < -0.3 is 16.8 Å². The van der Waals surface area contributed by atoms with E-state index in [2.05, 4.69) is 10.3 Å². The van der Waals surface area contributed by atoms with Gasteiger partial charge in [-0.1, -0.05) is 0 Å². The zero-order chi connectivity index (χ0) is 10.7. The largest absolute Gasteiger partial charge is 0.396 e. The molecule has 1 aromatic rings. The van der Waals surface area contributed by atoms with Crippen molar-refractivity contribution in [1.82, 2.24) is 4.98 Å². The zero-order valence-electron chi connectivity index (χ0n) is 8.24. The molecule has 76 valence electrons. The van der Waals surface area contributed by atoms with Crippen LogP contribution in [0.3, 0.4) is 0 Å². The lowest BCUT2D eigenvalue weighted by molar-refractivity contribution is -0.118. The van der Waals surface area contributed by atoms with Crippen LogP contribution in [0.1, 0.15) is 12.5 Å². The van der Waals surface area contributed by atoms with Gasteiger partial charge in [-0.2, -0.15) is 0 Å². The van der Waals surface area contributed by atoms with Crippen LogP contribution >= 0.6 is 0 Å². The van der Waals surface area contributed by atoms with E-state index in [0.717, 1.165) is 5.56 Å². The van der Waals surface area contributed by atoms with Crippen molar-refractivity contribution in [2.45, 2.75) is 19.9 Å². The molecule has 0 bridgehead atoms. The Morgan fingerprint density at radius 3 is 2.86 bits per heavy atom. The van der Waals surface area contributed by atoms with Gasteiger partial charge in [0.2, 0.25) is 5.91 Å².